The van der Waals surface area contributed by atoms with Crippen LogP contribution in [0.4, 0.5) is 0 Å². The highest BCUT2D eigenvalue weighted by Gasteiger charge is 2.14. The summed E-state index contributed by atoms with van der Waals surface area (Å²) in [6, 6.07) is 18.1. The molecule has 0 amide bonds. The maximum atomic E-state index is 9.50. The fourth-order valence-electron chi connectivity index (χ4n) is 5.39. The molecular formula is C43H27N3O. The molecule has 2 heterocycles. The lowest BCUT2D eigenvalue weighted by molar-refractivity contribution is 0.672. The van der Waals surface area contributed by atoms with Crippen LogP contribution < -0.4 is 0 Å². The number of aromatic nitrogens is 3. The summed E-state index contributed by atoms with van der Waals surface area (Å²) in [4.78, 5) is 14.1. The van der Waals surface area contributed by atoms with Crippen molar-refractivity contribution in [3.05, 3.63) is 163 Å². The maximum Gasteiger partial charge on any atom is 0.164 e. The van der Waals surface area contributed by atoms with Crippen LogP contribution >= 0.6 is 0 Å². The van der Waals surface area contributed by atoms with E-state index in [1.807, 2.05) is 60.7 Å². The Kier molecular flexibility index (Phi) is 4.00. The Balaban J connectivity index is 1.31. The summed E-state index contributed by atoms with van der Waals surface area (Å²) >= 11 is 0. The van der Waals surface area contributed by atoms with E-state index in [1.54, 1.807) is 24.3 Å². The van der Waals surface area contributed by atoms with Crippen molar-refractivity contribution in [2.75, 3.05) is 0 Å². The van der Waals surface area contributed by atoms with Crippen LogP contribution in [-0.2, 0) is 0 Å². The molecule has 0 N–H and O–H groups in total. The first-order chi connectivity index (χ1) is 28.7. The van der Waals surface area contributed by atoms with Crippen molar-refractivity contribution < 1.29 is 22.2 Å². The summed E-state index contributed by atoms with van der Waals surface area (Å²) in [5.41, 5.74) is 1.21. The molecule has 0 aliphatic carbocycles. The van der Waals surface area contributed by atoms with Gasteiger partial charge in [0.2, 0.25) is 0 Å². The highest BCUT2D eigenvalue weighted by Crippen LogP contribution is 2.36. The van der Waals surface area contributed by atoms with Gasteiger partial charge in [-0.25, -0.2) is 15.0 Å². The Bertz CT molecular complexity index is 3290. The Morgan fingerprint density at radius 2 is 0.979 bits per heavy atom. The smallest absolute Gasteiger partial charge is 0.164 e. The first-order valence-electron chi connectivity index (χ1n) is 21.1. The summed E-state index contributed by atoms with van der Waals surface area (Å²) in [6.45, 7) is 0. The fraction of sp³-hybridized carbons (Fsp3) is 0. The predicted molar refractivity (Wildman–Crippen MR) is 192 cm³/mol. The zero-order chi connectivity index (χ0) is 42.5. The molecular weight excluding hydrogens is 574 g/mol. The highest BCUT2D eigenvalue weighted by atomic mass is 16.3. The van der Waals surface area contributed by atoms with Crippen molar-refractivity contribution in [3.63, 3.8) is 0 Å². The molecule has 4 heteroatoms. The molecule has 0 unspecified atom stereocenters. The molecule has 0 spiro atoms. The van der Waals surface area contributed by atoms with E-state index in [-0.39, 0.29) is 55.7 Å². The molecule has 7 aromatic carbocycles. The van der Waals surface area contributed by atoms with Crippen molar-refractivity contribution in [1.29, 1.82) is 0 Å². The van der Waals surface area contributed by atoms with Gasteiger partial charge in [-0.1, -0.05) is 133 Å². The van der Waals surface area contributed by atoms with Gasteiger partial charge in [-0.15, -0.1) is 0 Å². The van der Waals surface area contributed by atoms with Gasteiger partial charge in [0, 0.05) is 32.8 Å². The lowest BCUT2D eigenvalue weighted by atomic mass is 9.98. The molecule has 0 saturated heterocycles. The molecule has 220 valence electrons. The number of nitrogens with zero attached hydrogens (tertiary/aromatic N) is 3. The Morgan fingerprint density at radius 3 is 1.74 bits per heavy atom. The highest BCUT2D eigenvalue weighted by molar-refractivity contribution is 6.15. The van der Waals surface area contributed by atoms with Crippen LogP contribution in [0.2, 0.25) is 0 Å². The van der Waals surface area contributed by atoms with Crippen LogP contribution in [0, 0.1) is 0 Å². The van der Waals surface area contributed by atoms with Crippen molar-refractivity contribution in [3.8, 4) is 56.4 Å². The van der Waals surface area contributed by atoms with E-state index in [0.29, 0.717) is 11.1 Å². The van der Waals surface area contributed by atoms with E-state index >= 15 is 0 Å². The van der Waals surface area contributed by atoms with Gasteiger partial charge in [0.05, 0.1) is 17.8 Å². The largest absolute Gasteiger partial charge is 0.455 e. The number of hydrogen-bond acceptors (Lipinski definition) is 4. The molecule has 0 aliphatic rings. The molecule has 2 aromatic heterocycles. The van der Waals surface area contributed by atoms with Gasteiger partial charge in [0.25, 0.3) is 0 Å². The second-order valence-electron chi connectivity index (χ2n) is 10.6. The number of benzene rings is 7. The molecule has 0 bridgehead atoms. The minimum Gasteiger partial charge on any atom is -0.455 e. The number of furan rings is 1. The summed E-state index contributed by atoms with van der Waals surface area (Å²) in [5.74, 6) is 0.170. The second kappa shape index (κ2) is 11.2. The molecule has 9 rings (SSSR count). The molecule has 47 heavy (non-hydrogen) atoms. The van der Waals surface area contributed by atoms with Crippen LogP contribution in [-0.4, -0.2) is 15.0 Å². The van der Waals surface area contributed by atoms with E-state index in [9.17, 15) is 5.48 Å². The average Bonchev–Trinajstić information content (AvgIpc) is 3.67. The standard InChI is InChI=1S/C43H27N3O/c1-3-10-28(11-4-1)29-18-20-31(21-19-29)42-44-41(30-12-5-2-6-13-30)45-43(46-42)35-15-9-14-32(27-35)33-22-24-36-34(26-33)23-25-38-37-16-7-8-17-39(37)47-40(36)38/h1-27H/i7D,8D,9D,14D,15D,16D,17D,22D,23D,24D,25D,26D,27D. The topological polar surface area (TPSA) is 51.8 Å². The molecule has 0 atom stereocenters. The lowest BCUT2D eigenvalue weighted by Crippen LogP contribution is -2.00. The summed E-state index contributed by atoms with van der Waals surface area (Å²) in [5, 5.41) is -1.03. The van der Waals surface area contributed by atoms with Gasteiger partial charge in [0.15, 0.2) is 17.5 Å². The third kappa shape index (κ3) is 4.93. The van der Waals surface area contributed by atoms with E-state index in [4.69, 9.17) is 21.7 Å². The van der Waals surface area contributed by atoms with Crippen molar-refractivity contribution in [1.82, 2.24) is 15.0 Å². The molecule has 0 fully saturated rings. The SMILES string of the molecule is [2H]c1c([2H])c(-c2nc(-c3ccccc3)nc(-c3ccc(-c4ccccc4)cc3)n2)c([2H])c(-c2c([2H])c([2H])c3c(c2[2H])c([2H])c([2H])c2c3oc3c([2H])c([2H])c([2H])c([2H])c32)c1[2H]. The van der Waals surface area contributed by atoms with Gasteiger partial charge < -0.3 is 4.42 Å². The number of rotatable bonds is 5. The van der Waals surface area contributed by atoms with E-state index < -0.39 is 89.7 Å². The lowest BCUT2D eigenvalue weighted by Gasteiger charge is -2.10. The second-order valence-corrected chi connectivity index (χ2v) is 10.6. The van der Waals surface area contributed by atoms with Gasteiger partial charge in [0.1, 0.15) is 11.2 Å². The molecule has 4 nitrogen and oxygen atoms in total. The third-order valence-electron chi connectivity index (χ3n) is 7.70. The monoisotopic (exact) mass is 614 g/mol. The van der Waals surface area contributed by atoms with Gasteiger partial charge in [-0.3, -0.25) is 0 Å². The molecule has 9 aromatic rings. The Morgan fingerprint density at radius 1 is 0.404 bits per heavy atom. The van der Waals surface area contributed by atoms with Gasteiger partial charge in [-0.2, -0.15) is 0 Å². The zero-order valence-electron chi connectivity index (χ0n) is 37.3. The van der Waals surface area contributed by atoms with E-state index in [0.717, 1.165) is 11.1 Å². The first-order valence-corrected chi connectivity index (χ1v) is 14.6. The first kappa shape index (κ1) is 16.8. The third-order valence-corrected chi connectivity index (χ3v) is 7.70. The Labute approximate surface area is 289 Å². The van der Waals surface area contributed by atoms with E-state index in [1.165, 1.54) is 0 Å². The molecule has 0 aliphatic heterocycles. The quantitative estimate of drug-likeness (QED) is 0.193. The van der Waals surface area contributed by atoms with Crippen LogP contribution in [0.3, 0.4) is 0 Å². The fourth-order valence-corrected chi connectivity index (χ4v) is 5.39. The van der Waals surface area contributed by atoms with Crippen molar-refractivity contribution in [2.45, 2.75) is 0 Å². The van der Waals surface area contributed by atoms with Crippen molar-refractivity contribution in [2.24, 2.45) is 0 Å². The number of fused-ring (bicyclic) bond motifs is 5. The maximum absolute atomic E-state index is 9.50. The van der Waals surface area contributed by atoms with Gasteiger partial charge in [-0.05, 0) is 57.9 Å². The van der Waals surface area contributed by atoms with Crippen LogP contribution in [0.5, 0.6) is 0 Å². The summed E-state index contributed by atoms with van der Waals surface area (Å²) in [7, 11) is 0. The minimum atomic E-state index is -0.699. The van der Waals surface area contributed by atoms with Crippen LogP contribution in [0.15, 0.2) is 168 Å². The number of para-hydroxylation sites is 1. The number of hydrogen-bond donors (Lipinski definition) is 0. The Hall–Kier alpha value is -6.39. The van der Waals surface area contributed by atoms with Crippen LogP contribution in [0.25, 0.3) is 89.1 Å². The normalized spacial score (nSPS) is 15.3. The molecule has 0 saturated carbocycles. The predicted octanol–water partition coefficient (Wildman–Crippen LogP) is 11.3. The molecule has 0 radical (unpaired) electrons. The summed E-state index contributed by atoms with van der Waals surface area (Å²) in [6.07, 6.45) is 0. The minimum absolute atomic E-state index is 0.181. The summed E-state index contributed by atoms with van der Waals surface area (Å²) < 4.78 is 121. The van der Waals surface area contributed by atoms with Crippen LogP contribution in [0.1, 0.15) is 17.8 Å². The van der Waals surface area contributed by atoms with Gasteiger partial charge >= 0.3 is 0 Å². The average molecular weight is 615 g/mol. The zero-order valence-corrected chi connectivity index (χ0v) is 24.3. The van der Waals surface area contributed by atoms with Crippen molar-refractivity contribution >= 4 is 32.7 Å². The van der Waals surface area contributed by atoms with E-state index in [2.05, 4.69) is 9.97 Å².